The van der Waals surface area contributed by atoms with E-state index in [2.05, 4.69) is 12.2 Å². The summed E-state index contributed by atoms with van der Waals surface area (Å²) in [5, 5.41) is 11.8. The van der Waals surface area contributed by atoms with Gasteiger partial charge in [0.15, 0.2) is 0 Å². The van der Waals surface area contributed by atoms with E-state index in [0.29, 0.717) is 19.6 Å². The summed E-state index contributed by atoms with van der Waals surface area (Å²) in [6.45, 7) is 5.00. The molecule has 4 heteroatoms. The third kappa shape index (κ3) is 12.2. The molecule has 0 aromatic heterocycles. The van der Waals surface area contributed by atoms with Crippen molar-refractivity contribution < 1.29 is 14.6 Å². The fourth-order valence-electron chi connectivity index (χ4n) is 1.97. The number of hydrogen-bond acceptors (Lipinski definition) is 3. The van der Waals surface area contributed by atoms with E-state index in [0.717, 1.165) is 12.8 Å². The molecule has 0 aromatic carbocycles. The number of aliphatic hydroxyl groups is 1. The maximum atomic E-state index is 11.6. The number of carbonyl (C=O) groups is 1. The van der Waals surface area contributed by atoms with Gasteiger partial charge in [-0.1, -0.05) is 45.4 Å². The molecule has 0 saturated heterocycles. The Hall–Kier alpha value is -0.610. The molecule has 0 aromatic rings. The summed E-state index contributed by atoms with van der Waals surface area (Å²) in [5.41, 5.74) is 0. The second kappa shape index (κ2) is 13.8. The van der Waals surface area contributed by atoms with Gasteiger partial charge in [0.2, 0.25) is 5.91 Å². The normalized spacial score (nSPS) is 12.4. The fraction of sp³-hybridized carbons (Fsp3) is 0.933. The molecule has 4 nitrogen and oxygen atoms in total. The molecule has 2 N–H and O–H groups in total. The summed E-state index contributed by atoms with van der Waals surface area (Å²) < 4.78 is 5.26. The van der Waals surface area contributed by atoms with E-state index in [4.69, 9.17) is 9.84 Å². The molecule has 19 heavy (non-hydrogen) atoms. The van der Waals surface area contributed by atoms with Crippen molar-refractivity contribution in [2.45, 2.75) is 71.3 Å². The topological polar surface area (TPSA) is 58.6 Å². The van der Waals surface area contributed by atoms with Crippen LogP contribution in [0.3, 0.4) is 0 Å². The van der Waals surface area contributed by atoms with Crippen LogP contribution in [0.5, 0.6) is 0 Å². The summed E-state index contributed by atoms with van der Waals surface area (Å²) in [7, 11) is 0. The minimum Gasteiger partial charge on any atom is -0.394 e. The lowest BCUT2D eigenvalue weighted by Crippen LogP contribution is -2.35. The minimum atomic E-state index is -0.275. The van der Waals surface area contributed by atoms with Crippen LogP contribution in [-0.4, -0.2) is 36.9 Å². The molecule has 0 saturated carbocycles. The zero-order valence-electron chi connectivity index (χ0n) is 12.6. The van der Waals surface area contributed by atoms with Crippen molar-refractivity contribution in [2.75, 3.05) is 19.8 Å². The van der Waals surface area contributed by atoms with E-state index in [9.17, 15) is 4.79 Å². The maximum Gasteiger partial charge on any atom is 0.220 e. The molecule has 0 spiro atoms. The van der Waals surface area contributed by atoms with Gasteiger partial charge in [0, 0.05) is 19.6 Å². The smallest absolute Gasteiger partial charge is 0.220 e. The lowest BCUT2D eigenvalue weighted by atomic mass is 10.1. The van der Waals surface area contributed by atoms with Crippen molar-refractivity contribution in [3.8, 4) is 0 Å². The quantitative estimate of drug-likeness (QED) is 0.507. The van der Waals surface area contributed by atoms with Gasteiger partial charge in [-0.05, 0) is 13.3 Å². The van der Waals surface area contributed by atoms with Crippen LogP contribution in [-0.2, 0) is 9.53 Å². The standard InChI is InChI=1S/C15H31NO3/c1-3-5-6-7-8-9-10-11-15(18)16-12-14(13-17)19-4-2/h14,17H,3-13H2,1-2H3,(H,16,18)/t14-/m0/s1. The van der Waals surface area contributed by atoms with Crippen molar-refractivity contribution >= 4 is 5.91 Å². The van der Waals surface area contributed by atoms with Gasteiger partial charge in [-0.2, -0.15) is 0 Å². The van der Waals surface area contributed by atoms with Crippen LogP contribution in [0.15, 0.2) is 0 Å². The third-order valence-corrected chi connectivity index (χ3v) is 3.14. The van der Waals surface area contributed by atoms with Crippen LogP contribution in [0, 0.1) is 0 Å². The molecule has 0 radical (unpaired) electrons. The fourth-order valence-corrected chi connectivity index (χ4v) is 1.97. The Kier molecular flexibility index (Phi) is 13.4. The second-order valence-electron chi connectivity index (χ2n) is 4.94. The highest BCUT2D eigenvalue weighted by Crippen LogP contribution is 2.08. The first kappa shape index (κ1) is 18.4. The zero-order chi connectivity index (χ0) is 14.3. The number of ether oxygens (including phenoxy) is 1. The molecule has 0 aliphatic rings. The Morgan fingerprint density at radius 1 is 1.11 bits per heavy atom. The van der Waals surface area contributed by atoms with Gasteiger partial charge in [-0.3, -0.25) is 4.79 Å². The molecule has 0 rings (SSSR count). The van der Waals surface area contributed by atoms with Gasteiger partial charge in [-0.15, -0.1) is 0 Å². The van der Waals surface area contributed by atoms with Gasteiger partial charge in [0.05, 0.1) is 12.7 Å². The van der Waals surface area contributed by atoms with E-state index in [1.807, 2.05) is 6.92 Å². The average Bonchev–Trinajstić information content (AvgIpc) is 2.42. The molecule has 0 bridgehead atoms. The van der Waals surface area contributed by atoms with Crippen molar-refractivity contribution in [3.63, 3.8) is 0 Å². The predicted molar refractivity (Wildman–Crippen MR) is 78.1 cm³/mol. The van der Waals surface area contributed by atoms with E-state index < -0.39 is 0 Å². The van der Waals surface area contributed by atoms with Gasteiger partial charge in [0.25, 0.3) is 0 Å². The first-order valence-corrected chi connectivity index (χ1v) is 7.73. The molecule has 1 atom stereocenters. The number of unbranched alkanes of at least 4 members (excludes halogenated alkanes) is 6. The molecule has 1 amide bonds. The SMILES string of the molecule is CCCCCCCCCC(=O)NC[C@@H](CO)OCC. The summed E-state index contributed by atoms with van der Waals surface area (Å²) >= 11 is 0. The molecule has 114 valence electrons. The van der Waals surface area contributed by atoms with Crippen LogP contribution in [0.1, 0.15) is 65.2 Å². The average molecular weight is 273 g/mol. The largest absolute Gasteiger partial charge is 0.394 e. The molecule has 0 aliphatic heterocycles. The number of rotatable bonds is 13. The summed E-state index contributed by atoms with van der Waals surface area (Å²) in [6, 6.07) is 0. The summed E-state index contributed by atoms with van der Waals surface area (Å²) in [6.07, 6.45) is 8.81. The molecular formula is C15H31NO3. The molecule has 0 fully saturated rings. The van der Waals surface area contributed by atoms with Crippen molar-refractivity contribution in [1.29, 1.82) is 0 Å². The Morgan fingerprint density at radius 2 is 1.74 bits per heavy atom. The number of amides is 1. The van der Waals surface area contributed by atoms with E-state index in [1.165, 1.54) is 32.1 Å². The molecule has 0 unspecified atom stereocenters. The van der Waals surface area contributed by atoms with Crippen LogP contribution in [0.25, 0.3) is 0 Å². The first-order chi connectivity index (χ1) is 9.24. The summed E-state index contributed by atoms with van der Waals surface area (Å²) in [4.78, 5) is 11.6. The predicted octanol–water partition coefficient (Wildman–Crippen LogP) is 2.64. The van der Waals surface area contributed by atoms with Crippen LogP contribution in [0.2, 0.25) is 0 Å². The summed E-state index contributed by atoms with van der Waals surface area (Å²) in [5.74, 6) is 0.0618. The Labute approximate surface area is 117 Å². The number of carbonyl (C=O) groups excluding carboxylic acids is 1. The molecular weight excluding hydrogens is 242 g/mol. The Bertz CT molecular complexity index is 210. The lowest BCUT2D eigenvalue weighted by Gasteiger charge is -2.14. The monoisotopic (exact) mass is 273 g/mol. The van der Waals surface area contributed by atoms with Gasteiger partial charge < -0.3 is 15.2 Å². The third-order valence-electron chi connectivity index (χ3n) is 3.14. The maximum absolute atomic E-state index is 11.6. The van der Waals surface area contributed by atoms with E-state index in [-0.39, 0.29) is 18.6 Å². The van der Waals surface area contributed by atoms with E-state index >= 15 is 0 Å². The molecule has 0 heterocycles. The molecule has 0 aliphatic carbocycles. The van der Waals surface area contributed by atoms with Gasteiger partial charge in [0.1, 0.15) is 0 Å². The first-order valence-electron chi connectivity index (χ1n) is 7.73. The van der Waals surface area contributed by atoms with Gasteiger partial charge in [-0.25, -0.2) is 0 Å². The minimum absolute atomic E-state index is 0.0501. The van der Waals surface area contributed by atoms with Crippen LogP contribution >= 0.6 is 0 Å². The number of hydrogen-bond donors (Lipinski definition) is 2. The van der Waals surface area contributed by atoms with Crippen molar-refractivity contribution in [3.05, 3.63) is 0 Å². The van der Waals surface area contributed by atoms with Crippen LogP contribution in [0.4, 0.5) is 0 Å². The second-order valence-corrected chi connectivity index (χ2v) is 4.94. The number of nitrogens with one attached hydrogen (secondary N) is 1. The van der Waals surface area contributed by atoms with E-state index in [1.54, 1.807) is 0 Å². The van der Waals surface area contributed by atoms with Crippen molar-refractivity contribution in [2.24, 2.45) is 0 Å². The number of aliphatic hydroxyl groups excluding tert-OH is 1. The lowest BCUT2D eigenvalue weighted by molar-refractivity contribution is -0.122. The highest BCUT2D eigenvalue weighted by atomic mass is 16.5. The zero-order valence-corrected chi connectivity index (χ0v) is 12.6. The van der Waals surface area contributed by atoms with Gasteiger partial charge >= 0.3 is 0 Å². The Morgan fingerprint density at radius 3 is 2.32 bits per heavy atom. The highest BCUT2D eigenvalue weighted by molar-refractivity contribution is 5.75. The Balaban J connectivity index is 3.38. The van der Waals surface area contributed by atoms with Crippen LogP contribution < -0.4 is 5.32 Å². The highest BCUT2D eigenvalue weighted by Gasteiger charge is 2.08. The van der Waals surface area contributed by atoms with Crippen molar-refractivity contribution in [1.82, 2.24) is 5.32 Å².